The molecule has 4 heteroatoms. The number of nitrogens with one attached hydrogen (secondary N) is 1. The second-order valence-electron chi connectivity index (χ2n) is 3.05. The van der Waals surface area contributed by atoms with Crippen LogP contribution >= 0.6 is 23.4 Å². The SMILES string of the molecule is CCSCC(C)Nc1cccc(Cl)n1. The third-order valence-corrected chi connectivity index (χ3v) is 3.04. The molecule has 1 unspecified atom stereocenters. The summed E-state index contributed by atoms with van der Waals surface area (Å²) in [6, 6.07) is 6.03. The number of halogens is 1. The molecule has 0 radical (unpaired) electrons. The van der Waals surface area contributed by atoms with Crippen molar-refractivity contribution in [2.75, 3.05) is 16.8 Å². The average Bonchev–Trinajstić information content (AvgIpc) is 2.15. The first kappa shape index (κ1) is 11.7. The zero-order chi connectivity index (χ0) is 10.4. The van der Waals surface area contributed by atoms with E-state index in [-0.39, 0.29) is 0 Å². The molecule has 0 aliphatic rings. The van der Waals surface area contributed by atoms with Crippen LogP contribution in [0.15, 0.2) is 18.2 Å². The number of hydrogen-bond acceptors (Lipinski definition) is 3. The van der Waals surface area contributed by atoms with Gasteiger partial charge in [-0.05, 0) is 24.8 Å². The van der Waals surface area contributed by atoms with Gasteiger partial charge in [0.2, 0.25) is 0 Å². The van der Waals surface area contributed by atoms with E-state index in [1.807, 2.05) is 23.9 Å². The Morgan fingerprint density at radius 2 is 2.36 bits per heavy atom. The Morgan fingerprint density at radius 1 is 1.57 bits per heavy atom. The summed E-state index contributed by atoms with van der Waals surface area (Å²) in [5.74, 6) is 3.08. The van der Waals surface area contributed by atoms with Crippen molar-refractivity contribution in [1.29, 1.82) is 0 Å². The minimum absolute atomic E-state index is 0.422. The minimum Gasteiger partial charge on any atom is -0.367 e. The highest BCUT2D eigenvalue weighted by Crippen LogP contribution is 2.11. The van der Waals surface area contributed by atoms with Crippen molar-refractivity contribution in [2.45, 2.75) is 19.9 Å². The van der Waals surface area contributed by atoms with Gasteiger partial charge in [-0.15, -0.1) is 0 Å². The van der Waals surface area contributed by atoms with Crippen LogP contribution in [0.3, 0.4) is 0 Å². The molecule has 0 fully saturated rings. The maximum atomic E-state index is 5.78. The van der Waals surface area contributed by atoms with E-state index in [4.69, 9.17) is 11.6 Å². The molecule has 0 saturated carbocycles. The molecule has 0 aromatic carbocycles. The number of anilines is 1. The summed E-state index contributed by atoms with van der Waals surface area (Å²) in [6.45, 7) is 4.31. The predicted octanol–water partition coefficient (Wildman–Crippen LogP) is 3.29. The maximum Gasteiger partial charge on any atom is 0.131 e. The maximum absolute atomic E-state index is 5.78. The molecular formula is C10H15ClN2S. The molecule has 0 aliphatic carbocycles. The van der Waals surface area contributed by atoms with Crippen molar-refractivity contribution < 1.29 is 0 Å². The molecule has 0 bridgehead atoms. The predicted molar refractivity (Wildman–Crippen MR) is 65.3 cm³/mol. The normalized spacial score (nSPS) is 12.5. The Labute approximate surface area is 94.5 Å². The summed E-state index contributed by atoms with van der Waals surface area (Å²) in [5.41, 5.74) is 0. The highest BCUT2D eigenvalue weighted by Gasteiger charge is 2.02. The molecule has 1 N–H and O–H groups in total. The average molecular weight is 231 g/mol. The Bertz CT molecular complexity index is 281. The summed E-state index contributed by atoms with van der Waals surface area (Å²) in [7, 11) is 0. The fourth-order valence-corrected chi connectivity index (χ4v) is 1.91. The van der Waals surface area contributed by atoms with E-state index in [9.17, 15) is 0 Å². The lowest BCUT2D eigenvalue weighted by atomic mass is 10.4. The number of hydrogen-bond donors (Lipinski definition) is 1. The number of aromatic nitrogens is 1. The second-order valence-corrected chi connectivity index (χ2v) is 4.76. The van der Waals surface area contributed by atoms with E-state index in [1.165, 1.54) is 0 Å². The molecule has 78 valence electrons. The van der Waals surface area contributed by atoms with Crippen LogP contribution in [-0.4, -0.2) is 22.5 Å². The van der Waals surface area contributed by atoms with E-state index in [2.05, 4.69) is 24.1 Å². The van der Waals surface area contributed by atoms with Crippen molar-refractivity contribution in [3.63, 3.8) is 0 Å². The Balaban J connectivity index is 2.43. The van der Waals surface area contributed by atoms with E-state index in [0.29, 0.717) is 11.2 Å². The molecule has 0 spiro atoms. The smallest absolute Gasteiger partial charge is 0.131 e. The van der Waals surface area contributed by atoms with Crippen LogP contribution in [0.2, 0.25) is 5.15 Å². The largest absolute Gasteiger partial charge is 0.367 e. The number of rotatable bonds is 5. The van der Waals surface area contributed by atoms with Gasteiger partial charge in [0, 0.05) is 11.8 Å². The summed E-state index contributed by atoms with van der Waals surface area (Å²) in [6.07, 6.45) is 0. The lowest BCUT2D eigenvalue weighted by Gasteiger charge is -2.13. The van der Waals surface area contributed by atoms with Gasteiger partial charge in [-0.3, -0.25) is 0 Å². The second kappa shape index (κ2) is 6.14. The lowest BCUT2D eigenvalue weighted by molar-refractivity contribution is 0.902. The van der Waals surface area contributed by atoms with Crippen LogP contribution < -0.4 is 5.32 Å². The quantitative estimate of drug-likeness (QED) is 0.786. The summed E-state index contributed by atoms with van der Waals surface area (Å²) < 4.78 is 0. The third-order valence-electron chi connectivity index (χ3n) is 1.68. The van der Waals surface area contributed by atoms with Crippen LogP contribution in [0, 0.1) is 0 Å². The molecule has 1 aromatic heterocycles. The first-order chi connectivity index (χ1) is 6.72. The molecular weight excluding hydrogens is 216 g/mol. The van der Waals surface area contributed by atoms with Gasteiger partial charge in [-0.2, -0.15) is 11.8 Å². The van der Waals surface area contributed by atoms with Crippen molar-refractivity contribution in [2.24, 2.45) is 0 Å². The van der Waals surface area contributed by atoms with Gasteiger partial charge in [0.15, 0.2) is 0 Å². The van der Waals surface area contributed by atoms with Gasteiger partial charge in [0.1, 0.15) is 11.0 Å². The third kappa shape index (κ3) is 4.20. The van der Waals surface area contributed by atoms with Crippen molar-refractivity contribution in [3.8, 4) is 0 Å². The molecule has 1 rings (SSSR count). The van der Waals surface area contributed by atoms with Crippen molar-refractivity contribution in [3.05, 3.63) is 23.4 Å². The molecule has 0 amide bonds. The molecule has 14 heavy (non-hydrogen) atoms. The van der Waals surface area contributed by atoms with Crippen LogP contribution in [-0.2, 0) is 0 Å². The van der Waals surface area contributed by atoms with E-state index in [0.717, 1.165) is 17.3 Å². The van der Waals surface area contributed by atoms with Crippen molar-refractivity contribution >= 4 is 29.2 Å². The number of thioether (sulfide) groups is 1. The van der Waals surface area contributed by atoms with Crippen LogP contribution in [0.1, 0.15) is 13.8 Å². The molecule has 2 nitrogen and oxygen atoms in total. The number of pyridine rings is 1. The van der Waals surface area contributed by atoms with Gasteiger partial charge in [0.25, 0.3) is 0 Å². The van der Waals surface area contributed by atoms with Gasteiger partial charge >= 0.3 is 0 Å². The molecule has 1 atom stereocenters. The minimum atomic E-state index is 0.422. The molecule has 0 saturated heterocycles. The zero-order valence-electron chi connectivity index (χ0n) is 8.46. The van der Waals surface area contributed by atoms with E-state index in [1.54, 1.807) is 6.07 Å². The molecule has 1 heterocycles. The number of nitrogens with zero attached hydrogens (tertiary/aromatic N) is 1. The van der Waals surface area contributed by atoms with Crippen LogP contribution in [0.5, 0.6) is 0 Å². The summed E-state index contributed by atoms with van der Waals surface area (Å²) >= 11 is 7.69. The van der Waals surface area contributed by atoms with Crippen molar-refractivity contribution in [1.82, 2.24) is 4.98 Å². The Kier molecular flexibility index (Phi) is 5.12. The molecule has 0 aliphatic heterocycles. The van der Waals surface area contributed by atoms with E-state index >= 15 is 0 Å². The highest BCUT2D eigenvalue weighted by atomic mass is 35.5. The zero-order valence-corrected chi connectivity index (χ0v) is 10.0. The summed E-state index contributed by atoms with van der Waals surface area (Å²) in [4.78, 5) is 4.17. The van der Waals surface area contributed by atoms with Crippen LogP contribution in [0.25, 0.3) is 0 Å². The first-order valence-electron chi connectivity index (χ1n) is 4.69. The Hall–Kier alpha value is -0.410. The lowest BCUT2D eigenvalue weighted by Crippen LogP contribution is -2.18. The van der Waals surface area contributed by atoms with Crippen LogP contribution in [0.4, 0.5) is 5.82 Å². The Morgan fingerprint density at radius 3 is 3.00 bits per heavy atom. The monoisotopic (exact) mass is 230 g/mol. The molecule has 1 aromatic rings. The van der Waals surface area contributed by atoms with Gasteiger partial charge in [-0.1, -0.05) is 24.6 Å². The summed E-state index contributed by atoms with van der Waals surface area (Å²) in [5, 5.41) is 3.83. The van der Waals surface area contributed by atoms with Gasteiger partial charge in [0.05, 0.1) is 0 Å². The van der Waals surface area contributed by atoms with Gasteiger partial charge < -0.3 is 5.32 Å². The standard InChI is InChI=1S/C10H15ClN2S/c1-3-14-7-8(2)12-10-6-4-5-9(11)13-10/h4-6,8H,3,7H2,1-2H3,(H,12,13). The first-order valence-corrected chi connectivity index (χ1v) is 6.22. The topological polar surface area (TPSA) is 24.9 Å². The fourth-order valence-electron chi connectivity index (χ4n) is 1.08. The highest BCUT2D eigenvalue weighted by molar-refractivity contribution is 7.99. The van der Waals surface area contributed by atoms with Gasteiger partial charge in [-0.25, -0.2) is 4.98 Å². The fraction of sp³-hybridized carbons (Fsp3) is 0.500. The van der Waals surface area contributed by atoms with E-state index < -0.39 is 0 Å².